The summed E-state index contributed by atoms with van der Waals surface area (Å²) in [5.41, 5.74) is 1.52. The first-order valence-electron chi connectivity index (χ1n) is 5.76. The number of rotatable bonds is 1. The second-order valence-electron chi connectivity index (χ2n) is 4.49. The minimum Gasteiger partial charge on any atom is -0.485 e. The molecule has 2 atom stereocenters. The molecule has 0 saturated heterocycles. The number of aliphatic hydroxyl groups is 1. The van der Waals surface area contributed by atoms with Crippen molar-refractivity contribution < 1.29 is 14.2 Å². The molecule has 2 aromatic rings. The molecule has 1 aromatic carbocycles. The van der Waals surface area contributed by atoms with Gasteiger partial charge in [0.15, 0.2) is 0 Å². The first-order chi connectivity index (χ1) is 8.63. The van der Waals surface area contributed by atoms with Crippen LogP contribution >= 0.6 is 0 Å². The average Bonchev–Trinajstić information content (AvgIpc) is 2.75. The summed E-state index contributed by atoms with van der Waals surface area (Å²) in [6.45, 7) is 0. The van der Waals surface area contributed by atoms with Crippen LogP contribution in [0.2, 0.25) is 0 Å². The Balaban J connectivity index is 1.95. The van der Waals surface area contributed by atoms with Crippen LogP contribution in [0, 0.1) is 5.82 Å². The van der Waals surface area contributed by atoms with E-state index in [9.17, 15) is 9.50 Å². The number of benzene rings is 1. The lowest BCUT2D eigenvalue weighted by molar-refractivity contribution is 0.0653. The lowest BCUT2D eigenvalue weighted by atomic mass is 9.96. The highest BCUT2D eigenvalue weighted by Crippen LogP contribution is 2.40. The van der Waals surface area contributed by atoms with Gasteiger partial charge in [0.2, 0.25) is 0 Å². The number of nitrogens with zero attached hydrogens (tertiary/aromatic N) is 2. The van der Waals surface area contributed by atoms with Crippen LogP contribution < -0.4 is 4.74 Å². The maximum atomic E-state index is 13.2. The van der Waals surface area contributed by atoms with Gasteiger partial charge in [-0.15, -0.1) is 0 Å². The van der Waals surface area contributed by atoms with E-state index in [0.717, 1.165) is 5.56 Å². The van der Waals surface area contributed by atoms with Crippen molar-refractivity contribution in [3.63, 3.8) is 0 Å². The van der Waals surface area contributed by atoms with Crippen LogP contribution in [0.25, 0.3) is 0 Å². The van der Waals surface area contributed by atoms with Gasteiger partial charge in [0, 0.05) is 36.9 Å². The van der Waals surface area contributed by atoms with Gasteiger partial charge in [-0.05, 0) is 12.1 Å². The fraction of sp³-hybridized carbons (Fsp3) is 0.308. The maximum absolute atomic E-state index is 13.2. The molecular weight excluding hydrogens is 235 g/mol. The zero-order chi connectivity index (χ0) is 12.7. The van der Waals surface area contributed by atoms with E-state index in [4.69, 9.17) is 4.74 Å². The Morgan fingerprint density at radius 3 is 3.06 bits per heavy atom. The molecule has 0 radical (unpaired) electrons. The number of aryl methyl sites for hydroxylation is 1. The SMILES string of the molecule is Cn1cc(C2CC(O)c3ccc(F)cc3O2)cn1. The Labute approximate surface area is 104 Å². The van der Waals surface area contributed by atoms with Crippen LogP contribution in [0.15, 0.2) is 30.6 Å². The molecule has 0 bridgehead atoms. The van der Waals surface area contributed by atoms with Crippen molar-refractivity contribution in [3.8, 4) is 5.75 Å². The van der Waals surface area contributed by atoms with Gasteiger partial charge < -0.3 is 9.84 Å². The highest BCUT2D eigenvalue weighted by molar-refractivity contribution is 5.38. The van der Waals surface area contributed by atoms with Gasteiger partial charge >= 0.3 is 0 Å². The molecule has 0 saturated carbocycles. The summed E-state index contributed by atoms with van der Waals surface area (Å²) in [6.07, 6.45) is 3.05. The molecule has 0 amide bonds. The summed E-state index contributed by atoms with van der Waals surface area (Å²) in [5, 5.41) is 14.1. The molecule has 2 heterocycles. The van der Waals surface area contributed by atoms with Gasteiger partial charge in [-0.3, -0.25) is 4.68 Å². The van der Waals surface area contributed by atoms with Gasteiger partial charge in [-0.1, -0.05) is 0 Å². The highest BCUT2D eigenvalue weighted by atomic mass is 19.1. The van der Waals surface area contributed by atoms with Gasteiger partial charge in [0.25, 0.3) is 0 Å². The molecule has 0 aliphatic carbocycles. The lowest BCUT2D eigenvalue weighted by Gasteiger charge is -2.29. The van der Waals surface area contributed by atoms with E-state index in [-0.39, 0.29) is 11.9 Å². The standard InChI is InChI=1S/C13H13FN2O2/c1-16-7-8(6-15-16)12-5-11(17)10-3-2-9(14)4-13(10)18-12/h2-4,6-7,11-12,17H,5H2,1H3. The Morgan fingerprint density at radius 1 is 1.50 bits per heavy atom. The number of fused-ring (bicyclic) bond motifs is 1. The number of aliphatic hydroxyl groups excluding tert-OH is 1. The predicted octanol–water partition coefficient (Wildman–Crippen LogP) is 2.12. The monoisotopic (exact) mass is 248 g/mol. The number of ether oxygens (including phenoxy) is 1. The van der Waals surface area contributed by atoms with Crippen LogP contribution in [0.4, 0.5) is 4.39 Å². The summed E-state index contributed by atoms with van der Waals surface area (Å²) in [7, 11) is 1.82. The number of halogens is 1. The molecule has 0 fully saturated rings. The van der Waals surface area contributed by atoms with Crippen molar-refractivity contribution in [3.05, 3.63) is 47.5 Å². The smallest absolute Gasteiger partial charge is 0.130 e. The zero-order valence-electron chi connectivity index (χ0n) is 9.88. The van der Waals surface area contributed by atoms with Crippen molar-refractivity contribution >= 4 is 0 Å². The molecule has 3 rings (SSSR count). The van der Waals surface area contributed by atoms with E-state index in [1.807, 2.05) is 13.2 Å². The van der Waals surface area contributed by atoms with E-state index in [1.54, 1.807) is 16.9 Å². The van der Waals surface area contributed by atoms with E-state index in [2.05, 4.69) is 5.10 Å². The molecule has 18 heavy (non-hydrogen) atoms. The fourth-order valence-electron chi connectivity index (χ4n) is 2.23. The zero-order valence-corrected chi connectivity index (χ0v) is 9.88. The van der Waals surface area contributed by atoms with Crippen molar-refractivity contribution in [2.24, 2.45) is 7.05 Å². The fourth-order valence-corrected chi connectivity index (χ4v) is 2.23. The second kappa shape index (κ2) is 4.10. The van der Waals surface area contributed by atoms with Crippen LogP contribution in [0.3, 0.4) is 0 Å². The first kappa shape index (κ1) is 11.2. The van der Waals surface area contributed by atoms with Gasteiger partial charge in [-0.2, -0.15) is 5.10 Å². The normalized spacial score (nSPS) is 22.4. The topological polar surface area (TPSA) is 47.3 Å². The van der Waals surface area contributed by atoms with E-state index in [1.165, 1.54) is 12.1 Å². The average molecular weight is 248 g/mol. The molecule has 1 aliphatic heterocycles. The minimum absolute atomic E-state index is 0.289. The van der Waals surface area contributed by atoms with Crippen molar-refractivity contribution in [2.45, 2.75) is 18.6 Å². The predicted molar refractivity (Wildman–Crippen MR) is 62.6 cm³/mol. The molecule has 0 spiro atoms. The van der Waals surface area contributed by atoms with Gasteiger partial charge in [0.05, 0.1) is 12.3 Å². The molecule has 4 nitrogen and oxygen atoms in total. The van der Waals surface area contributed by atoms with E-state index >= 15 is 0 Å². The van der Waals surface area contributed by atoms with Crippen LogP contribution in [0.1, 0.15) is 29.8 Å². The van der Waals surface area contributed by atoms with E-state index < -0.39 is 6.10 Å². The number of hydrogen-bond acceptors (Lipinski definition) is 3. The Hall–Kier alpha value is -1.88. The largest absolute Gasteiger partial charge is 0.485 e. The third-order valence-corrected chi connectivity index (χ3v) is 3.14. The third kappa shape index (κ3) is 1.86. The molecule has 94 valence electrons. The lowest BCUT2D eigenvalue weighted by Crippen LogP contribution is -2.18. The molecule has 5 heteroatoms. The number of hydrogen-bond donors (Lipinski definition) is 1. The van der Waals surface area contributed by atoms with Gasteiger partial charge in [0.1, 0.15) is 17.7 Å². The number of aromatic nitrogens is 2. The first-order valence-corrected chi connectivity index (χ1v) is 5.76. The maximum Gasteiger partial charge on any atom is 0.130 e. The molecule has 2 unspecified atom stereocenters. The summed E-state index contributed by atoms with van der Waals surface area (Å²) < 4.78 is 20.6. The Bertz CT molecular complexity index is 582. The molecule has 1 aromatic heterocycles. The molecule has 1 aliphatic rings. The van der Waals surface area contributed by atoms with Crippen LogP contribution in [-0.2, 0) is 7.05 Å². The van der Waals surface area contributed by atoms with Crippen LogP contribution in [0.5, 0.6) is 5.75 Å². The molecule has 1 N–H and O–H groups in total. The second-order valence-corrected chi connectivity index (χ2v) is 4.49. The van der Waals surface area contributed by atoms with E-state index in [0.29, 0.717) is 17.7 Å². The summed E-state index contributed by atoms with van der Waals surface area (Å²) >= 11 is 0. The summed E-state index contributed by atoms with van der Waals surface area (Å²) in [6, 6.07) is 4.20. The van der Waals surface area contributed by atoms with Gasteiger partial charge in [-0.25, -0.2) is 4.39 Å². The summed E-state index contributed by atoms with van der Waals surface area (Å²) in [5.74, 6) is 0.0374. The van der Waals surface area contributed by atoms with Crippen molar-refractivity contribution in [2.75, 3.05) is 0 Å². The minimum atomic E-state index is -0.639. The van der Waals surface area contributed by atoms with Crippen molar-refractivity contribution in [1.29, 1.82) is 0 Å². The van der Waals surface area contributed by atoms with Crippen LogP contribution in [-0.4, -0.2) is 14.9 Å². The molecular formula is C13H13FN2O2. The Morgan fingerprint density at radius 2 is 2.33 bits per heavy atom. The van der Waals surface area contributed by atoms with Crippen molar-refractivity contribution in [1.82, 2.24) is 9.78 Å². The highest BCUT2D eigenvalue weighted by Gasteiger charge is 2.28. The Kier molecular flexibility index (Phi) is 2.56. The summed E-state index contributed by atoms with van der Waals surface area (Å²) in [4.78, 5) is 0. The third-order valence-electron chi connectivity index (χ3n) is 3.14. The quantitative estimate of drug-likeness (QED) is 0.840.